The smallest absolute Gasteiger partial charge is 0.340 e. The molecule has 2 aromatic carbocycles. The highest BCUT2D eigenvalue weighted by molar-refractivity contribution is 6.33. The lowest BCUT2D eigenvalue weighted by Crippen LogP contribution is -2.07. The molecule has 0 atom stereocenters. The second kappa shape index (κ2) is 5.88. The number of carbonyl (C=O) groups is 1. The third-order valence-electron chi connectivity index (χ3n) is 2.58. The minimum absolute atomic E-state index is 0.0571. The Morgan fingerprint density at radius 1 is 1.20 bits per heavy atom. The zero-order valence-electron chi connectivity index (χ0n) is 10.2. The summed E-state index contributed by atoms with van der Waals surface area (Å²) in [5.74, 6) is -2.02. The summed E-state index contributed by atoms with van der Waals surface area (Å²) in [7, 11) is 0. The number of hydrogen-bond acceptors (Lipinski definition) is 3. The van der Waals surface area contributed by atoms with Crippen LogP contribution in [0.4, 0.5) is 14.5 Å². The molecular formula is C14H10ClF2NO2. The molecule has 104 valence electrons. The van der Waals surface area contributed by atoms with Crippen molar-refractivity contribution < 1.29 is 18.3 Å². The highest BCUT2D eigenvalue weighted by Crippen LogP contribution is 2.20. The van der Waals surface area contributed by atoms with E-state index in [1.807, 2.05) is 0 Å². The molecule has 0 saturated heterocycles. The van der Waals surface area contributed by atoms with E-state index in [4.69, 9.17) is 22.1 Å². The van der Waals surface area contributed by atoms with Crippen molar-refractivity contribution in [1.82, 2.24) is 0 Å². The van der Waals surface area contributed by atoms with Crippen LogP contribution in [0, 0.1) is 11.6 Å². The molecule has 0 saturated carbocycles. The molecule has 0 aromatic heterocycles. The molecular weight excluding hydrogens is 288 g/mol. The second-order valence-electron chi connectivity index (χ2n) is 4.05. The Morgan fingerprint density at radius 2 is 1.95 bits per heavy atom. The van der Waals surface area contributed by atoms with Gasteiger partial charge in [0.2, 0.25) is 0 Å². The topological polar surface area (TPSA) is 52.3 Å². The Balaban J connectivity index is 2.12. The van der Waals surface area contributed by atoms with Gasteiger partial charge in [-0.3, -0.25) is 0 Å². The SMILES string of the molecule is Nc1ccc(Cl)c(C(=O)OCc2cc(F)ccc2F)c1. The molecule has 2 rings (SSSR count). The third-order valence-corrected chi connectivity index (χ3v) is 2.91. The quantitative estimate of drug-likeness (QED) is 0.696. The maximum Gasteiger partial charge on any atom is 0.340 e. The Hall–Kier alpha value is -2.14. The zero-order chi connectivity index (χ0) is 14.7. The molecule has 0 bridgehead atoms. The van der Waals surface area contributed by atoms with Crippen LogP contribution >= 0.6 is 11.6 Å². The van der Waals surface area contributed by atoms with E-state index in [1.165, 1.54) is 18.2 Å². The predicted molar refractivity (Wildman–Crippen MR) is 71.3 cm³/mol. The van der Waals surface area contributed by atoms with Gasteiger partial charge in [0.1, 0.15) is 18.2 Å². The summed E-state index contributed by atoms with van der Waals surface area (Å²) in [6, 6.07) is 7.25. The Bertz CT molecular complexity index is 662. The molecule has 0 aliphatic rings. The summed E-state index contributed by atoms with van der Waals surface area (Å²) >= 11 is 5.84. The van der Waals surface area contributed by atoms with Gasteiger partial charge in [-0.2, -0.15) is 0 Å². The number of nitrogen functional groups attached to an aromatic ring is 1. The lowest BCUT2D eigenvalue weighted by atomic mass is 10.2. The predicted octanol–water partition coefficient (Wildman–Crippen LogP) is 3.56. The Morgan fingerprint density at radius 3 is 2.70 bits per heavy atom. The van der Waals surface area contributed by atoms with Crippen LogP contribution in [0.5, 0.6) is 0 Å². The molecule has 0 spiro atoms. The normalized spacial score (nSPS) is 10.3. The highest BCUT2D eigenvalue weighted by atomic mass is 35.5. The number of ether oxygens (including phenoxy) is 1. The summed E-state index contributed by atoms with van der Waals surface area (Å²) < 4.78 is 31.2. The molecule has 20 heavy (non-hydrogen) atoms. The molecule has 0 radical (unpaired) electrons. The van der Waals surface area contributed by atoms with E-state index in [1.54, 1.807) is 0 Å². The van der Waals surface area contributed by atoms with Crippen LogP contribution in [0.25, 0.3) is 0 Å². The fourth-order valence-corrected chi connectivity index (χ4v) is 1.77. The minimum atomic E-state index is -0.758. The summed E-state index contributed by atoms with van der Waals surface area (Å²) in [4.78, 5) is 11.8. The first-order chi connectivity index (χ1) is 9.47. The number of anilines is 1. The van der Waals surface area contributed by atoms with Crippen LogP contribution in [-0.2, 0) is 11.3 Å². The van der Waals surface area contributed by atoms with Crippen molar-refractivity contribution in [2.24, 2.45) is 0 Å². The molecule has 0 unspecified atom stereocenters. The molecule has 0 aliphatic heterocycles. The second-order valence-corrected chi connectivity index (χ2v) is 4.46. The van der Waals surface area contributed by atoms with Gasteiger partial charge in [0, 0.05) is 11.3 Å². The van der Waals surface area contributed by atoms with Gasteiger partial charge in [-0.1, -0.05) is 11.6 Å². The summed E-state index contributed by atoms with van der Waals surface area (Å²) in [5, 5.41) is 0.170. The maximum atomic E-state index is 13.4. The van der Waals surface area contributed by atoms with E-state index >= 15 is 0 Å². The number of halogens is 3. The summed E-state index contributed by atoms with van der Waals surface area (Å²) in [5.41, 5.74) is 5.90. The van der Waals surface area contributed by atoms with Crippen LogP contribution in [0.2, 0.25) is 5.02 Å². The van der Waals surface area contributed by atoms with E-state index < -0.39 is 24.2 Å². The van der Waals surface area contributed by atoms with Gasteiger partial charge in [0.15, 0.2) is 0 Å². The van der Waals surface area contributed by atoms with Gasteiger partial charge in [-0.25, -0.2) is 13.6 Å². The number of hydrogen-bond donors (Lipinski definition) is 1. The van der Waals surface area contributed by atoms with E-state index in [9.17, 15) is 13.6 Å². The van der Waals surface area contributed by atoms with Crippen molar-refractivity contribution in [3.05, 3.63) is 64.2 Å². The largest absolute Gasteiger partial charge is 0.457 e. The number of carbonyl (C=O) groups excluding carboxylic acids is 1. The zero-order valence-corrected chi connectivity index (χ0v) is 11.0. The van der Waals surface area contributed by atoms with Crippen molar-refractivity contribution in [1.29, 1.82) is 0 Å². The Labute approximate surface area is 118 Å². The molecule has 0 heterocycles. The van der Waals surface area contributed by atoms with Crippen LogP contribution < -0.4 is 5.73 Å². The van der Waals surface area contributed by atoms with Crippen LogP contribution in [0.1, 0.15) is 15.9 Å². The molecule has 0 amide bonds. The van der Waals surface area contributed by atoms with Gasteiger partial charge in [0.05, 0.1) is 10.6 Å². The van der Waals surface area contributed by atoms with Crippen molar-refractivity contribution in [2.45, 2.75) is 6.61 Å². The molecule has 2 N–H and O–H groups in total. The fraction of sp³-hybridized carbons (Fsp3) is 0.0714. The third kappa shape index (κ3) is 3.24. The van der Waals surface area contributed by atoms with Crippen molar-refractivity contribution in [3.8, 4) is 0 Å². The average Bonchev–Trinajstić information content (AvgIpc) is 2.42. The van der Waals surface area contributed by atoms with Crippen LogP contribution in [-0.4, -0.2) is 5.97 Å². The van der Waals surface area contributed by atoms with Gasteiger partial charge < -0.3 is 10.5 Å². The summed E-state index contributed by atoms with van der Waals surface area (Å²) in [6.07, 6.45) is 0. The minimum Gasteiger partial charge on any atom is -0.457 e. The number of nitrogens with two attached hydrogens (primary N) is 1. The van der Waals surface area contributed by atoms with Crippen LogP contribution in [0.15, 0.2) is 36.4 Å². The Kier molecular flexibility index (Phi) is 4.20. The first kappa shape index (κ1) is 14.3. The van der Waals surface area contributed by atoms with Gasteiger partial charge in [0.25, 0.3) is 0 Å². The first-order valence-corrected chi connectivity index (χ1v) is 6.01. The monoisotopic (exact) mass is 297 g/mol. The van der Waals surface area contributed by atoms with Gasteiger partial charge in [-0.15, -0.1) is 0 Å². The van der Waals surface area contributed by atoms with Crippen molar-refractivity contribution in [2.75, 3.05) is 5.73 Å². The van der Waals surface area contributed by atoms with Gasteiger partial charge >= 0.3 is 5.97 Å². The highest BCUT2D eigenvalue weighted by Gasteiger charge is 2.14. The fourth-order valence-electron chi connectivity index (χ4n) is 1.57. The van der Waals surface area contributed by atoms with E-state index in [0.717, 1.165) is 18.2 Å². The van der Waals surface area contributed by atoms with E-state index in [0.29, 0.717) is 5.69 Å². The number of rotatable bonds is 3. The maximum absolute atomic E-state index is 13.4. The van der Waals surface area contributed by atoms with Crippen molar-refractivity contribution in [3.63, 3.8) is 0 Å². The molecule has 0 fully saturated rings. The molecule has 3 nitrogen and oxygen atoms in total. The van der Waals surface area contributed by atoms with Gasteiger partial charge in [-0.05, 0) is 36.4 Å². The summed E-state index contributed by atoms with van der Waals surface area (Å²) in [6.45, 7) is -0.395. The van der Waals surface area contributed by atoms with Crippen molar-refractivity contribution >= 4 is 23.3 Å². The first-order valence-electron chi connectivity index (χ1n) is 5.63. The lowest BCUT2D eigenvalue weighted by Gasteiger charge is -2.08. The number of benzene rings is 2. The van der Waals surface area contributed by atoms with E-state index in [-0.39, 0.29) is 16.1 Å². The lowest BCUT2D eigenvalue weighted by molar-refractivity contribution is 0.0469. The average molecular weight is 298 g/mol. The van der Waals surface area contributed by atoms with E-state index in [2.05, 4.69) is 0 Å². The molecule has 2 aromatic rings. The molecule has 0 aliphatic carbocycles. The van der Waals surface area contributed by atoms with Crippen LogP contribution in [0.3, 0.4) is 0 Å². The molecule has 6 heteroatoms. The number of esters is 1. The standard InChI is InChI=1S/C14H10ClF2NO2/c15-12-3-2-10(18)6-11(12)14(19)20-7-8-5-9(16)1-4-13(8)17/h1-6H,7,18H2.